The zero-order chi connectivity index (χ0) is 10.2. The summed E-state index contributed by atoms with van der Waals surface area (Å²) in [5.41, 5.74) is 1.31. The van der Waals surface area contributed by atoms with E-state index < -0.39 is 5.60 Å². The van der Waals surface area contributed by atoms with Crippen molar-refractivity contribution in [1.82, 2.24) is 0 Å². The maximum Gasteiger partial charge on any atom is 0.0678 e. The van der Waals surface area contributed by atoms with Crippen LogP contribution in [0.25, 0.3) is 0 Å². The van der Waals surface area contributed by atoms with E-state index in [1.54, 1.807) is 0 Å². The van der Waals surface area contributed by atoms with E-state index in [4.69, 9.17) is 0 Å². The lowest BCUT2D eigenvalue weighted by atomic mass is 9.58. The fourth-order valence-corrected chi connectivity index (χ4v) is 3.19. The molecular formula is C13H22O. The van der Waals surface area contributed by atoms with E-state index in [2.05, 4.69) is 19.9 Å². The first-order valence-electron chi connectivity index (χ1n) is 5.94. The standard InChI is InChI=1S/C13H22O/c1-11-5-9-13(10-6-11)8-4-3-7-12(13,2)14/h5,14H,3-4,6-10H2,1-2H3. The van der Waals surface area contributed by atoms with E-state index in [-0.39, 0.29) is 5.41 Å². The lowest BCUT2D eigenvalue weighted by Crippen LogP contribution is -2.49. The molecule has 1 nitrogen and oxygen atoms in total. The smallest absolute Gasteiger partial charge is 0.0678 e. The van der Waals surface area contributed by atoms with Crippen molar-refractivity contribution in [2.75, 3.05) is 0 Å². The quantitative estimate of drug-likeness (QED) is 0.586. The predicted octanol–water partition coefficient (Wildman–Crippen LogP) is 3.43. The second-order valence-electron chi connectivity index (χ2n) is 5.52. The lowest BCUT2D eigenvalue weighted by Gasteiger charge is -2.50. The molecule has 2 atom stereocenters. The van der Waals surface area contributed by atoms with Crippen LogP contribution in [0.3, 0.4) is 0 Å². The summed E-state index contributed by atoms with van der Waals surface area (Å²) in [7, 11) is 0. The molecule has 1 heteroatoms. The van der Waals surface area contributed by atoms with Crippen molar-refractivity contribution in [1.29, 1.82) is 0 Å². The minimum atomic E-state index is -0.414. The van der Waals surface area contributed by atoms with Gasteiger partial charge in [-0.05, 0) is 46.0 Å². The van der Waals surface area contributed by atoms with Crippen molar-refractivity contribution in [3.05, 3.63) is 11.6 Å². The highest BCUT2D eigenvalue weighted by Gasteiger charge is 2.48. The molecule has 0 heterocycles. The predicted molar refractivity (Wildman–Crippen MR) is 59.1 cm³/mol. The number of rotatable bonds is 0. The van der Waals surface area contributed by atoms with Crippen LogP contribution < -0.4 is 0 Å². The van der Waals surface area contributed by atoms with Crippen molar-refractivity contribution in [2.24, 2.45) is 5.41 Å². The zero-order valence-corrected chi connectivity index (χ0v) is 9.47. The van der Waals surface area contributed by atoms with Gasteiger partial charge in [0.15, 0.2) is 0 Å². The topological polar surface area (TPSA) is 20.2 Å². The molecule has 1 fully saturated rings. The summed E-state index contributed by atoms with van der Waals surface area (Å²) < 4.78 is 0. The highest BCUT2D eigenvalue weighted by atomic mass is 16.3. The fourth-order valence-electron chi connectivity index (χ4n) is 3.19. The van der Waals surface area contributed by atoms with Crippen molar-refractivity contribution in [3.63, 3.8) is 0 Å². The van der Waals surface area contributed by atoms with Gasteiger partial charge in [0, 0.05) is 5.41 Å². The summed E-state index contributed by atoms with van der Waals surface area (Å²) in [4.78, 5) is 0. The fraction of sp³-hybridized carbons (Fsp3) is 0.846. The molecule has 2 aliphatic carbocycles. The Kier molecular flexibility index (Phi) is 2.46. The van der Waals surface area contributed by atoms with Gasteiger partial charge in [-0.2, -0.15) is 0 Å². The molecule has 0 saturated heterocycles. The number of hydrogen-bond acceptors (Lipinski definition) is 1. The molecule has 0 amide bonds. The molecular weight excluding hydrogens is 172 g/mol. The van der Waals surface area contributed by atoms with Gasteiger partial charge >= 0.3 is 0 Å². The maximum absolute atomic E-state index is 10.5. The summed E-state index contributed by atoms with van der Waals surface area (Å²) in [6.45, 7) is 4.27. The molecule has 2 rings (SSSR count). The van der Waals surface area contributed by atoms with Gasteiger partial charge in [-0.25, -0.2) is 0 Å². The third kappa shape index (κ3) is 1.52. The first-order valence-corrected chi connectivity index (χ1v) is 5.94. The second kappa shape index (κ2) is 3.37. The molecule has 1 N–H and O–H groups in total. The van der Waals surface area contributed by atoms with Gasteiger partial charge in [0.05, 0.1) is 5.60 Å². The van der Waals surface area contributed by atoms with Gasteiger partial charge < -0.3 is 5.11 Å². The molecule has 2 aliphatic rings. The Labute approximate surface area is 87.2 Å². The molecule has 0 aromatic heterocycles. The van der Waals surface area contributed by atoms with E-state index in [0.717, 1.165) is 12.8 Å². The van der Waals surface area contributed by atoms with Gasteiger partial charge in [0.2, 0.25) is 0 Å². The number of hydrogen-bond donors (Lipinski definition) is 1. The first-order chi connectivity index (χ1) is 6.56. The summed E-state index contributed by atoms with van der Waals surface area (Å²) >= 11 is 0. The Morgan fingerprint density at radius 2 is 1.93 bits per heavy atom. The van der Waals surface area contributed by atoms with Crippen LogP contribution in [-0.4, -0.2) is 10.7 Å². The molecule has 14 heavy (non-hydrogen) atoms. The van der Waals surface area contributed by atoms with Gasteiger partial charge in [-0.1, -0.05) is 24.5 Å². The van der Waals surface area contributed by atoms with E-state index in [1.165, 1.54) is 37.7 Å². The van der Waals surface area contributed by atoms with Crippen LogP contribution in [0.15, 0.2) is 11.6 Å². The van der Waals surface area contributed by atoms with Crippen LogP contribution in [0.4, 0.5) is 0 Å². The van der Waals surface area contributed by atoms with Crippen LogP contribution in [0, 0.1) is 5.41 Å². The number of allylic oxidation sites excluding steroid dienone is 2. The molecule has 0 aromatic rings. The molecule has 0 bridgehead atoms. The third-order valence-electron chi connectivity index (χ3n) is 4.55. The van der Waals surface area contributed by atoms with Crippen molar-refractivity contribution >= 4 is 0 Å². The second-order valence-corrected chi connectivity index (χ2v) is 5.52. The summed E-state index contributed by atoms with van der Waals surface area (Å²) in [5, 5.41) is 10.5. The lowest BCUT2D eigenvalue weighted by molar-refractivity contribution is -0.106. The molecule has 1 spiro atoms. The van der Waals surface area contributed by atoms with E-state index in [9.17, 15) is 5.11 Å². The van der Waals surface area contributed by atoms with Crippen molar-refractivity contribution < 1.29 is 5.11 Å². The normalized spacial score (nSPS) is 43.8. The molecule has 2 unspecified atom stereocenters. The Morgan fingerprint density at radius 3 is 2.50 bits per heavy atom. The minimum Gasteiger partial charge on any atom is -0.390 e. The van der Waals surface area contributed by atoms with E-state index >= 15 is 0 Å². The molecule has 0 radical (unpaired) electrons. The van der Waals surface area contributed by atoms with E-state index in [1.807, 2.05) is 0 Å². The maximum atomic E-state index is 10.5. The van der Waals surface area contributed by atoms with Gasteiger partial charge in [-0.15, -0.1) is 0 Å². The Hall–Kier alpha value is -0.300. The molecule has 0 aliphatic heterocycles. The molecule has 80 valence electrons. The average Bonchev–Trinajstić information content (AvgIpc) is 2.14. The Bertz CT molecular complexity index is 252. The largest absolute Gasteiger partial charge is 0.390 e. The van der Waals surface area contributed by atoms with Gasteiger partial charge in [0.25, 0.3) is 0 Å². The highest BCUT2D eigenvalue weighted by Crippen LogP contribution is 2.52. The summed E-state index contributed by atoms with van der Waals surface area (Å²) in [6.07, 6.45) is 10.6. The molecule has 0 aromatic carbocycles. The minimum absolute atomic E-state index is 0.213. The first kappa shape index (κ1) is 10.2. The third-order valence-corrected chi connectivity index (χ3v) is 4.55. The van der Waals surface area contributed by atoms with E-state index in [0.29, 0.717) is 0 Å². The SMILES string of the molecule is CC1=CCC2(CCCCC2(C)O)CC1. The van der Waals surface area contributed by atoms with Crippen molar-refractivity contribution in [3.8, 4) is 0 Å². The van der Waals surface area contributed by atoms with Crippen molar-refractivity contribution in [2.45, 2.75) is 64.4 Å². The van der Waals surface area contributed by atoms with Crippen LogP contribution in [0.2, 0.25) is 0 Å². The zero-order valence-electron chi connectivity index (χ0n) is 9.47. The Morgan fingerprint density at radius 1 is 1.21 bits per heavy atom. The highest BCUT2D eigenvalue weighted by molar-refractivity contribution is 5.12. The molecule has 1 saturated carbocycles. The van der Waals surface area contributed by atoms with Crippen LogP contribution in [-0.2, 0) is 0 Å². The van der Waals surface area contributed by atoms with Crippen LogP contribution in [0.1, 0.15) is 58.8 Å². The average molecular weight is 194 g/mol. The van der Waals surface area contributed by atoms with Crippen LogP contribution in [0.5, 0.6) is 0 Å². The number of aliphatic hydroxyl groups is 1. The van der Waals surface area contributed by atoms with Crippen LogP contribution >= 0.6 is 0 Å². The van der Waals surface area contributed by atoms with Gasteiger partial charge in [-0.3, -0.25) is 0 Å². The summed E-state index contributed by atoms with van der Waals surface area (Å²) in [6, 6.07) is 0. The Balaban J connectivity index is 2.21. The monoisotopic (exact) mass is 194 g/mol. The van der Waals surface area contributed by atoms with Gasteiger partial charge in [0.1, 0.15) is 0 Å². The summed E-state index contributed by atoms with van der Waals surface area (Å²) in [5.74, 6) is 0.